The number of rotatable bonds is 6. The third-order valence-electron chi connectivity index (χ3n) is 4.62. The Bertz CT molecular complexity index is 504. The van der Waals surface area contributed by atoms with Gasteiger partial charge in [0.25, 0.3) is 0 Å². The van der Waals surface area contributed by atoms with Gasteiger partial charge in [0.15, 0.2) is 0 Å². The smallest absolute Gasteiger partial charge is 0.118 e. The normalized spacial score (nSPS) is 33.0. The highest BCUT2D eigenvalue weighted by Gasteiger charge is 2.43. The molecule has 7 heteroatoms. The molecule has 0 bridgehead atoms. The first-order valence-electron chi connectivity index (χ1n) is 8.01. The van der Waals surface area contributed by atoms with Crippen LogP contribution in [0.5, 0.6) is 5.75 Å². The van der Waals surface area contributed by atoms with E-state index in [9.17, 15) is 25.5 Å². The van der Waals surface area contributed by atoms with E-state index in [0.29, 0.717) is 11.3 Å². The lowest BCUT2D eigenvalue weighted by Gasteiger charge is -2.41. The molecule has 5 N–H and O–H groups in total. The van der Waals surface area contributed by atoms with Crippen molar-refractivity contribution >= 4 is 0 Å². The summed E-state index contributed by atoms with van der Waals surface area (Å²) >= 11 is 0. The summed E-state index contributed by atoms with van der Waals surface area (Å²) in [5, 5.41) is 49.4. The van der Waals surface area contributed by atoms with Crippen LogP contribution < -0.4 is 4.74 Å². The average Bonchev–Trinajstić information content (AvgIpc) is 2.61. The van der Waals surface area contributed by atoms with E-state index in [2.05, 4.69) is 0 Å². The summed E-state index contributed by atoms with van der Waals surface area (Å²) in [4.78, 5) is 0. The number of aliphatic hydroxyl groups is 5. The van der Waals surface area contributed by atoms with Crippen molar-refractivity contribution in [2.45, 2.75) is 50.0 Å². The highest BCUT2D eigenvalue weighted by Crippen LogP contribution is 2.30. The van der Waals surface area contributed by atoms with Crippen LogP contribution in [0.25, 0.3) is 0 Å². The van der Waals surface area contributed by atoms with Crippen molar-refractivity contribution in [2.75, 3.05) is 13.7 Å². The Balaban J connectivity index is 2.02. The van der Waals surface area contributed by atoms with Gasteiger partial charge in [-0.15, -0.1) is 0 Å². The van der Waals surface area contributed by atoms with Crippen LogP contribution in [0, 0.1) is 5.92 Å². The van der Waals surface area contributed by atoms with Gasteiger partial charge in [-0.25, -0.2) is 0 Å². The van der Waals surface area contributed by atoms with Gasteiger partial charge in [0, 0.05) is 12.5 Å². The van der Waals surface area contributed by atoms with Crippen LogP contribution >= 0.6 is 0 Å². The SMILES string of the molecule is COc1ccc([C@H](O)[C@@H](C)O[C@@H]2C[C@H](CO)[C@@H](O)[C@H](O)[C@H]2O)cc1. The lowest BCUT2D eigenvalue weighted by Crippen LogP contribution is -2.55. The predicted octanol–water partition coefficient (Wildman–Crippen LogP) is -0.403. The summed E-state index contributed by atoms with van der Waals surface area (Å²) in [6, 6.07) is 6.89. The molecule has 0 saturated heterocycles. The fourth-order valence-corrected chi connectivity index (χ4v) is 3.02. The molecule has 1 fully saturated rings. The highest BCUT2D eigenvalue weighted by atomic mass is 16.5. The summed E-state index contributed by atoms with van der Waals surface area (Å²) in [7, 11) is 1.55. The molecule has 1 aliphatic carbocycles. The van der Waals surface area contributed by atoms with Crippen LogP contribution in [0.4, 0.5) is 0 Å². The lowest BCUT2D eigenvalue weighted by atomic mass is 9.81. The maximum Gasteiger partial charge on any atom is 0.118 e. The second kappa shape index (κ2) is 8.24. The Labute approximate surface area is 141 Å². The summed E-state index contributed by atoms with van der Waals surface area (Å²) < 4.78 is 10.8. The molecular formula is C17H26O7. The van der Waals surface area contributed by atoms with E-state index in [-0.39, 0.29) is 13.0 Å². The molecule has 2 rings (SSSR count). The minimum absolute atomic E-state index is 0.190. The molecule has 0 amide bonds. The lowest BCUT2D eigenvalue weighted by molar-refractivity contribution is -0.198. The second-order valence-corrected chi connectivity index (χ2v) is 6.25. The van der Waals surface area contributed by atoms with Crippen LogP contribution in [-0.4, -0.2) is 69.8 Å². The molecule has 0 aromatic heterocycles. The Morgan fingerprint density at radius 1 is 1.08 bits per heavy atom. The molecule has 1 saturated carbocycles. The average molecular weight is 342 g/mol. The summed E-state index contributed by atoms with van der Waals surface area (Å²) in [5.74, 6) is 0.0869. The zero-order chi connectivity index (χ0) is 17.9. The van der Waals surface area contributed by atoms with Crippen molar-refractivity contribution in [1.82, 2.24) is 0 Å². The maximum atomic E-state index is 10.4. The third-order valence-corrected chi connectivity index (χ3v) is 4.62. The molecule has 136 valence electrons. The topological polar surface area (TPSA) is 120 Å². The van der Waals surface area contributed by atoms with E-state index in [1.807, 2.05) is 0 Å². The minimum atomic E-state index is -1.40. The molecule has 0 unspecified atom stereocenters. The van der Waals surface area contributed by atoms with E-state index < -0.39 is 42.5 Å². The summed E-state index contributed by atoms with van der Waals surface area (Å²) in [6.45, 7) is 1.34. The first kappa shape index (κ1) is 19.1. The molecule has 1 aliphatic rings. The fraction of sp³-hybridized carbons (Fsp3) is 0.647. The van der Waals surface area contributed by atoms with Gasteiger partial charge in [-0.05, 0) is 31.0 Å². The van der Waals surface area contributed by atoms with Crippen LogP contribution in [0.2, 0.25) is 0 Å². The van der Waals surface area contributed by atoms with Gasteiger partial charge in [0.1, 0.15) is 24.1 Å². The third kappa shape index (κ3) is 4.05. The van der Waals surface area contributed by atoms with Gasteiger partial charge >= 0.3 is 0 Å². The van der Waals surface area contributed by atoms with Crippen molar-refractivity contribution in [2.24, 2.45) is 5.92 Å². The van der Waals surface area contributed by atoms with Gasteiger partial charge in [-0.2, -0.15) is 0 Å². The Hall–Kier alpha value is -1.22. The van der Waals surface area contributed by atoms with Crippen molar-refractivity contribution in [3.63, 3.8) is 0 Å². The van der Waals surface area contributed by atoms with Crippen molar-refractivity contribution in [3.05, 3.63) is 29.8 Å². The molecule has 0 aliphatic heterocycles. The Kier molecular flexibility index (Phi) is 6.56. The standard InChI is InChI=1S/C17H26O7/c1-9(14(19)10-3-5-12(23-2)6-4-10)24-13-7-11(8-18)15(20)17(22)16(13)21/h3-6,9,11,13-22H,7-8H2,1-2H3/t9-,11-,13-,14-,15-,16+,17+/m1/s1. The molecule has 0 radical (unpaired) electrons. The predicted molar refractivity (Wildman–Crippen MR) is 85.5 cm³/mol. The van der Waals surface area contributed by atoms with Gasteiger partial charge in [-0.3, -0.25) is 0 Å². The van der Waals surface area contributed by atoms with Crippen molar-refractivity contribution < 1.29 is 35.0 Å². The molecule has 0 heterocycles. The van der Waals surface area contributed by atoms with Crippen LogP contribution in [-0.2, 0) is 4.74 Å². The van der Waals surface area contributed by atoms with Gasteiger partial charge < -0.3 is 35.0 Å². The molecule has 0 spiro atoms. The number of hydrogen-bond donors (Lipinski definition) is 5. The maximum absolute atomic E-state index is 10.4. The molecule has 7 nitrogen and oxygen atoms in total. The van der Waals surface area contributed by atoms with Crippen molar-refractivity contribution in [1.29, 1.82) is 0 Å². The number of benzene rings is 1. The van der Waals surface area contributed by atoms with E-state index in [0.717, 1.165) is 0 Å². The zero-order valence-electron chi connectivity index (χ0n) is 13.8. The van der Waals surface area contributed by atoms with Gasteiger partial charge in [-0.1, -0.05) is 12.1 Å². The molecular weight excluding hydrogens is 316 g/mol. The van der Waals surface area contributed by atoms with Crippen LogP contribution in [0.3, 0.4) is 0 Å². The van der Waals surface area contributed by atoms with E-state index in [1.165, 1.54) is 0 Å². The largest absolute Gasteiger partial charge is 0.497 e. The van der Waals surface area contributed by atoms with Gasteiger partial charge in [0.2, 0.25) is 0 Å². The number of ether oxygens (including phenoxy) is 2. The van der Waals surface area contributed by atoms with Crippen LogP contribution in [0.15, 0.2) is 24.3 Å². The second-order valence-electron chi connectivity index (χ2n) is 6.25. The number of hydrogen-bond acceptors (Lipinski definition) is 7. The van der Waals surface area contributed by atoms with E-state index in [4.69, 9.17) is 9.47 Å². The van der Waals surface area contributed by atoms with Crippen LogP contribution in [0.1, 0.15) is 25.0 Å². The summed E-state index contributed by atoms with van der Waals surface area (Å²) in [6.07, 6.45) is -6.07. The number of methoxy groups -OCH3 is 1. The zero-order valence-corrected chi connectivity index (χ0v) is 13.8. The van der Waals surface area contributed by atoms with Gasteiger partial charge in [0.05, 0.1) is 25.4 Å². The molecule has 1 aromatic rings. The highest BCUT2D eigenvalue weighted by molar-refractivity contribution is 5.28. The first-order valence-corrected chi connectivity index (χ1v) is 8.01. The van der Waals surface area contributed by atoms with E-state index in [1.54, 1.807) is 38.3 Å². The minimum Gasteiger partial charge on any atom is -0.497 e. The monoisotopic (exact) mass is 342 g/mol. The Morgan fingerprint density at radius 2 is 1.71 bits per heavy atom. The first-order chi connectivity index (χ1) is 11.4. The Morgan fingerprint density at radius 3 is 2.25 bits per heavy atom. The number of aliphatic hydroxyl groups excluding tert-OH is 5. The van der Waals surface area contributed by atoms with E-state index >= 15 is 0 Å². The summed E-state index contributed by atoms with van der Waals surface area (Å²) in [5.41, 5.74) is 0.632. The molecule has 24 heavy (non-hydrogen) atoms. The van der Waals surface area contributed by atoms with Crippen molar-refractivity contribution in [3.8, 4) is 5.75 Å². The molecule has 1 aromatic carbocycles. The quantitative estimate of drug-likeness (QED) is 0.477. The molecule has 7 atom stereocenters. The fourth-order valence-electron chi connectivity index (χ4n) is 3.02.